The average molecular weight is 251 g/mol. The third-order valence-corrected chi connectivity index (χ3v) is 3.15. The van der Waals surface area contributed by atoms with Crippen LogP contribution in [-0.4, -0.2) is 27.5 Å². The fourth-order valence-corrected chi connectivity index (χ4v) is 2.51. The van der Waals surface area contributed by atoms with Crippen LogP contribution in [0.4, 0.5) is 0 Å². The molecule has 0 saturated carbocycles. The number of benzene rings is 1. The maximum atomic E-state index is 5.54. The maximum absolute atomic E-state index is 5.54. The summed E-state index contributed by atoms with van der Waals surface area (Å²) < 4.78 is 10.6. The van der Waals surface area contributed by atoms with Gasteiger partial charge in [0.15, 0.2) is 0 Å². The molecule has 1 rings (SSSR count). The smallest absolute Gasteiger partial charge is 0.123 e. The Kier molecular flexibility index (Phi) is 5.17. The van der Waals surface area contributed by atoms with E-state index in [0.717, 1.165) is 12.3 Å². The van der Waals surface area contributed by atoms with Crippen LogP contribution in [0.3, 0.4) is 0 Å². The molecule has 3 heteroatoms. The van der Waals surface area contributed by atoms with Crippen molar-refractivity contribution in [2.24, 2.45) is 0 Å². The van der Waals surface area contributed by atoms with E-state index in [1.54, 1.807) is 14.2 Å². The van der Waals surface area contributed by atoms with Gasteiger partial charge in [0.05, 0.1) is 13.8 Å². The molecule has 0 spiro atoms. The van der Waals surface area contributed by atoms with E-state index < -0.39 is 0 Å². The van der Waals surface area contributed by atoms with Gasteiger partial charge in [0, 0.05) is 24.6 Å². The minimum Gasteiger partial charge on any atom is -0.496 e. The second kappa shape index (κ2) is 6.21. The van der Waals surface area contributed by atoms with E-state index in [4.69, 9.17) is 9.47 Å². The number of nitrogens with one attached hydrogen (secondary N) is 1. The van der Waals surface area contributed by atoms with E-state index in [2.05, 4.69) is 45.1 Å². The monoisotopic (exact) mass is 251 g/mol. The Bertz CT molecular complexity index is 400. The first-order chi connectivity index (χ1) is 8.42. The lowest BCUT2D eigenvalue weighted by atomic mass is 9.80. The number of methoxy groups -OCH3 is 2. The molecule has 0 aliphatic heterocycles. The highest BCUT2D eigenvalue weighted by atomic mass is 16.5. The Morgan fingerprint density at radius 3 is 2.39 bits per heavy atom. The van der Waals surface area contributed by atoms with Crippen molar-refractivity contribution < 1.29 is 9.47 Å². The first-order valence-corrected chi connectivity index (χ1v) is 6.27. The molecule has 0 atom stereocenters. The molecule has 1 aromatic carbocycles. The zero-order valence-corrected chi connectivity index (χ0v) is 12.4. The molecule has 0 bridgehead atoms. The van der Waals surface area contributed by atoms with Crippen molar-refractivity contribution in [2.45, 2.75) is 33.1 Å². The van der Waals surface area contributed by atoms with Crippen molar-refractivity contribution in [3.63, 3.8) is 0 Å². The number of rotatable bonds is 6. The third-order valence-electron chi connectivity index (χ3n) is 3.15. The Morgan fingerprint density at radius 2 is 1.83 bits per heavy atom. The van der Waals surface area contributed by atoms with Crippen LogP contribution in [-0.2, 0) is 10.2 Å². The van der Waals surface area contributed by atoms with Crippen LogP contribution in [0.2, 0.25) is 0 Å². The molecule has 0 aliphatic rings. The topological polar surface area (TPSA) is 30.5 Å². The van der Waals surface area contributed by atoms with Gasteiger partial charge in [-0.2, -0.15) is 0 Å². The third kappa shape index (κ3) is 3.47. The molecule has 0 unspecified atom stereocenters. The summed E-state index contributed by atoms with van der Waals surface area (Å²) >= 11 is 0. The number of aryl methyl sites for hydroxylation is 2. The van der Waals surface area contributed by atoms with E-state index >= 15 is 0 Å². The van der Waals surface area contributed by atoms with E-state index in [1.807, 2.05) is 0 Å². The predicted octanol–water partition coefficient (Wildman–Crippen LogP) is 2.78. The second-order valence-corrected chi connectivity index (χ2v) is 5.40. The van der Waals surface area contributed by atoms with Gasteiger partial charge in [-0.05, 0) is 31.0 Å². The summed E-state index contributed by atoms with van der Waals surface area (Å²) in [5, 5.41) is 3.29. The Morgan fingerprint density at radius 1 is 1.17 bits per heavy atom. The molecular formula is C15H25NO2. The van der Waals surface area contributed by atoms with Crippen LogP contribution in [0.5, 0.6) is 5.75 Å². The largest absolute Gasteiger partial charge is 0.496 e. The van der Waals surface area contributed by atoms with Crippen LogP contribution >= 0.6 is 0 Å². The molecule has 18 heavy (non-hydrogen) atoms. The molecule has 1 aromatic rings. The molecule has 3 nitrogen and oxygen atoms in total. The van der Waals surface area contributed by atoms with Crippen molar-refractivity contribution in [1.29, 1.82) is 0 Å². The van der Waals surface area contributed by atoms with Crippen molar-refractivity contribution in [3.05, 3.63) is 28.8 Å². The summed E-state index contributed by atoms with van der Waals surface area (Å²) in [4.78, 5) is 0. The Balaban J connectivity index is 3.06. The fraction of sp³-hybridized carbons (Fsp3) is 0.600. The van der Waals surface area contributed by atoms with E-state index in [1.165, 1.54) is 16.7 Å². The van der Waals surface area contributed by atoms with Gasteiger partial charge in [-0.1, -0.05) is 19.9 Å². The molecule has 102 valence electrons. The molecule has 0 aliphatic carbocycles. The lowest BCUT2D eigenvalue weighted by Gasteiger charge is -2.29. The normalized spacial score (nSPS) is 11.7. The summed E-state index contributed by atoms with van der Waals surface area (Å²) in [6, 6.07) is 4.30. The molecule has 0 amide bonds. The van der Waals surface area contributed by atoms with Gasteiger partial charge in [-0.25, -0.2) is 0 Å². The number of hydrogen-bond donors (Lipinski definition) is 1. The molecule has 0 fully saturated rings. The van der Waals surface area contributed by atoms with Gasteiger partial charge in [0.2, 0.25) is 0 Å². The van der Waals surface area contributed by atoms with Crippen LogP contribution in [0.1, 0.15) is 30.5 Å². The quantitative estimate of drug-likeness (QED) is 0.623. The highest BCUT2D eigenvalue weighted by molar-refractivity contribution is 5.47. The molecule has 1 N–H and O–H groups in total. The van der Waals surface area contributed by atoms with Crippen molar-refractivity contribution in [3.8, 4) is 5.75 Å². The van der Waals surface area contributed by atoms with Crippen LogP contribution < -0.4 is 10.1 Å². The molecule has 0 heterocycles. The summed E-state index contributed by atoms with van der Waals surface area (Å²) in [5.74, 6) is 0.969. The van der Waals surface area contributed by atoms with Crippen molar-refractivity contribution in [1.82, 2.24) is 5.32 Å². The Hall–Kier alpha value is -1.06. The number of ether oxygens (including phenoxy) is 2. The summed E-state index contributed by atoms with van der Waals surface area (Å²) in [7, 11) is 3.42. The average Bonchev–Trinajstić information content (AvgIpc) is 2.27. The number of hydrogen-bond acceptors (Lipinski definition) is 3. The summed E-state index contributed by atoms with van der Waals surface area (Å²) in [6.07, 6.45) is 0. The maximum Gasteiger partial charge on any atom is 0.123 e. The first kappa shape index (κ1) is 15.0. The van der Waals surface area contributed by atoms with Gasteiger partial charge >= 0.3 is 0 Å². The van der Waals surface area contributed by atoms with Gasteiger partial charge in [0.1, 0.15) is 5.75 Å². The fourth-order valence-electron chi connectivity index (χ4n) is 2.51. The Labute approximate surface area is 110 Å². The van der Waals surface area contributed by atoms with Gasteiger partial charge < -0.3 is 9.47 Å². The van der Waals surface area contributed by atoms with Crippen molar-refractivity contribution >= 4 is 0 Å². The minimum absolute atomic E-state index is 0.00164. The summed E-state index contributed by atoms with van der Waals surface area (Å²) in [5.41, 5.74) is 3.77. The molecule has 0 saturated heterocycles. The standard InChI is InChI=1S/C15H25NO2/c1-11-7-12(2)14(13(8-11)18-6)15(3,4)9-16-10-17-5/h7-8,16H,9-10H2,1-6H3. The SMILES string of the molecule is COCNCC(C)(C)c1c(C)cc(C)cc1OC. The van der Waals surface area contributed by atoms with Crippen LogP contribution in [0.15, 0.2) is 12.1 Å². The molecule has 0 aromatic heterocycles. The van der Waals surface area contributed by atoms with Gasteiger partial charge in [-0.3, -0.25) is 5.32 Å². The predicted molar refractivity (Wildman–Crippen MR) is 75.4 cm³/mol. The highest BCUT2D eigenvalue weighted by Gasteiger charge is 2.26. The zero-order valence-electron chi connectivity index (χ0n) is 12.4. The van der Waals surface area contributed by atoms with Crippen molar-refractivity contribution in [2.75, 3.05) is 27.5 Å². The van der Waals surface area contributed by atoms with Crippen LogP contribution in [0.25, 0.3) is 0 Å². The second-order valence-electron chi connectivity index (χ2n) is 5.40. The molecular weight excluding hydrogens is 226 g/mol. The van der Waals surface area contributed by atoms with Gasteiger partial charge in [-0.15, -0.1) is 0 Å². The van der Waals surface area contributed by atoms with E-state index in [-0.39, 0.29) is 5.41 Å². The zero-order chi connectivity index (χ0) is 13.8. The lowest BCUT2D eigenvalue weighted by molar-refractivity contribution is 0.169. The minimum atomic E-state index is 0.00164. The first-order valence-electron chi connectivity index (χ1n) is 6.27. The van der Waals surface area contributed by atoms with E-state index in [9.17, 15) is 0 Å². The highest BCUT2D eigenvalue weighted by Crippen LogP contribution is 2.35. The van der Waals surface area contributed by atoms with Gasteiger partial charge in [0.25, 0.3) is 0 Å². The molecule has 0 radical (unpaired) electrons. The summed E-state index contributed by atoms with van der Waals surface area (Å²) in [6.45, 7) is 10.1. The lowest BCUT2D eigenvalue weighted by Crippen LogP contribution is -2.34. The van der Waals surface area contributed by atoms with E-state index in [0.29, 0.717) is 6.73 Å². The van der Waals surface area contributed by atoms with Crippen LogP contribution in [0, 0.1) is 13.8 Å².